The largest absolute Gasteiger partial charge is 1.00 e. The summed E-state index contributed by atoms with van der Waals surface area (Å²) < 4.78 is 0. The zero-order valence-corrected chi connectivity index (χ0v) is 24.4. The molecule has 0 saturated heterocycles. The van der Waals surface area contributed by atoms with Crippen LogP contribution in [-0.2, 0) is 0 Å². The van der Waals surface area contributed by atoms with Crippen LogP contribution in [0.2, 0.25) is 0 Å². The number of rotatable bonds is 18. The Morgan fingerprint density at radius 3 is 1.80 bits per heavy atom. The number of hydrogen-bond acceptors (Lipinski definition) is 3. The molecule has 0 bridgehead atoms. The van der Waals surface area contributed by atoms with Crippen LogP contribution in [0.3, 0.4) is 0 Å². The molecule has 4 heteroatoms. The van der Waals surface area contributed by atoms with Crippen LogP contribution >= 0.6 is 0 Å². The number of benzene rings is 2. The van der Waals surface area contributed by atoms with Crippen LogP contribution in [-0.4, -0.2) is 18.9 Å². The summed E-state index contributed by atoms with van der Waals surface area (Å²) in [6, 6.07) is 14.9. The fourth-order valence-corrected chi connectivity index (χ4v) is 4.26. The Bertz CT molecular complexity index is 831. The number of carbonyl (C=O) groups excluding carboxylic acids is 1. The van der Waals surface area contributed by atoms with Crippen LogP contribution in [0.5, 0.6) is 5.75 Å². The summed E-state index contributed by atoms with van der Waals surface area (Å²) in [6.45, 7) is 6.74. The molecule has 0 unspecified atom stereocenters. The van der Waals surface area contributed by atoms with Gasteiger partial charge in [-0.2, -0.15) is 0 Å². The molecular formula is C31H44NNaO2. The van der Waals surface area contributed by atoms with E-state index < -0.39 is 0 Å². The molecule has 0 heterocycles. The van der Waals surface area contributed by atoms with Crippen molar-refractivity contribution in [1.82, 2.24) is 0 Å². The maximum Gasteiger partial charge on any atom is 1.00 e. The maximum absolute atomic E-state index is 12.3. The average Bonchev–Trinajstić information content (AvgIpc) is 2.86. The van der Waals surface area contributed by atoms with E-state index in [0.29, 0.717) is 0 Å². The first kappa shape index (κ1) is 31.5. The molecule has 0 aliphatic carbocycles. The van der Waals surface area contributed by atoms with Gasteiger partial charge in [-0.15, -0.1) is 0 Å². The van der Waals surface area contributed by atoms with Gasteiger partial charge in [0.1, 0.15) is 0 Å². The third-order valence-electron chi connectivity index (χ3n) is 6.40. The molecule has 0 aliphatic rings. The first-order valence-corrected chi connectivity index (χ1v) is 13.5. The van der Waals surface area contributed by atoms with E-state index in [-0.39, 0.29) is 46.7 Å². The van der Waals surface area contributed by atoms with Crippen molar-refractivity contribution in [2.24, 2.45) is 0 Å². The van der Waals surface area contributed by atoms with Crippen molar-refractivity contribution in [3.63, 3.8) is 0 Å². The molecule has 2 rings (SSSR count). The Kier molecular flexibility index (Phi) is 17.6. The van der Waals surface area contributed by atoms with Gasteiger partial charge < -0.3 is 10.0 Å². The standard InChI is InChI=1S/C31H45NO2.Na/c1-3-5-7-9-11-15-25-32(26-16-12-10-8-6-4-2)28-22-19-27(20-23-28)21-24-31(34)29-17-13-14-18-30(29)33;/h13-14,17-24,33H,3-12,15-16,25-26H2,1-2H3;/q;+1/p-1/b24-21+;. The molecule has 186 valence electrons. The second-order valence-corrected chi connectivity index (χ2v) is 9.31. The minimum atomic E-state index is -0.248. The van der Waals surface area contributed by atoms with Crippen molar-refractivity contribution in [3.05, 3.63) is 65.7 Å². The molecule has 0 radical (unpaired) electrons. The molecule has 0 spiro atoms. The minimum Gasteiger partial charge on any atom is -0.872 e. The number of allylic oxidation sites excluding steroid dienone is 1. The van der Waals surface area contributed by atoms with Crippen LogP contribution in [0, 0.1) is 0 Å². The van der Waals surface area contributed by atoms with E-state index in [2.05, 4.69) is 43.0 Å². The second kappa shape index (κ2) is 19.6. The van der Waals surface area contributed by atoms with Gasteiger partial charge in [0.25, 0.3) is 0 Å². The van der Waals surface area contributed by atoms with Crippen LogP contribution < -0.4 is 39.6 Å². The van der Waals surface area contributed by atoms with Gasteiger partial charge in [0.05, 0.1) is 0 Å². The van der Waals surface area contributed by atoms with Gasteiger partial charge in [0, 0.05) is 24.3 Å². The summed E-state index contributed by atoms with van der Waals surface area (Å²) in [6.07, 6.45) is 19.0. The topological polar surface area (TPSA) is 43.4 Å². The normalized spacial score (nSPS) is 10.9. The second-order valence-electron chi connectivity index (χ2n) is 9.31. The summed E-state index contributed by atoms with van der Waals surface area (Å²) in [5.74, 6) is -0.477. The number of unbranched alkanes of at least 4 members (excludes halogenated alkanes) is 10. The number of anilines is 1. The van der Waals surface area contributed by atoms with Crippen molar-refractivity contribution in [2.75, 3.05) is 18.0 Å². The van der Waals surface area contributed by atoms with Gasteiger partial charge >= 0.3 is 29.6 Å². The van der Waals surface area contributed by atoms with Gasteiger partial charge in [0.15, 0.2) is 5.78 Å². The van der Waals surface area contributed by atoms with E-state index in [1.54, 1.807) is 24.3 Å². The molecule has 0 atom stereocenters. The van der Waals surface area contributed by atoms with Crippen LogP contribution in [0.4, 0.5) is 5.69 Å². The van der Waals surface area contributed by atoms with E-state index >= 15 is 0 Å². The molecule has 2 aromatic rings. The van der Waals surface area contributed by atoms with Crippen molar-refractivity contribution < 1.29 is 39.5 Å². The fourth-order valence-electron chi connectivity index (χ4n) is 4.26. The Morgan fingerprint density at radius 1 is 0.743 bits per heavy atom. The predicted octanol–water partition coefficient (Wildman–Crippen LogP) is 5.19. The van der Waals surface area contributed by atoms with Crippen molar-refractivity contribution >= 4 is 17.5 Å². The van der Waals surface area contributed by atoms with Crippen LogP contribution in [0.1, 0.15) is 107 Å². The van der Waals surface area contributed by atoms with Gasteiger partial charge in [-0.1, -0.05) is 126 Å². The third kappa shape index (κ3) is 12.8. The summed E-state index contributed by atoms with van der Waals surface area (Å²) in [4.78, 5) is 14.9. The molecule has 3 nitrogen and oxygen atoms in total. The van der Waals surface area contributed by atoms with Gasteiger partial charge in [-0.05, 0) is 36.6 Å². The predicted molar refractivity (Wildman–Crippen MR) is 145 cm³/mol. The number of para-hydroxylation sites is 1. The molecule has 0 aliphatic heterocycles. The monoisotopic (exact) mass is 485 g/mol. The number of nitrogens with zero attached hydrogens (tertiary/aromatic N) is 1. The van der Waals surface area contributed by atoms with Crippen LogP contribution in [0.15, 0.2) is 54.6 Å². The van der Waals surface area contributed by atoms with Crippen molar-refractivity contribution in [3.8, 4) is 5.75 Å². The van der Waals surface area contributed by atoms with Crippen LogP contribution in [0.25, 0.3) is 6.08 Å². The third-order valence-corrected chi connectivity index (χ3v) is 6.40. The summed E-state index contributed by atoms with van der Waals surface area (Å²) in [7, 11) is 0. The molecule has 0 amide bonds. The van der Waals surface area contributed by atoms with E-state index in [1.807, 2.05) is 0 Å². The number of ketones is 1. The van der Waals surface area contributed by atoms with Crippen molar-refractivity contribution in [1.29, 1.82) is 0 Å². The average molecular weight is 486 g/mol. The minimum absolute atomic E-state index is 0. The Morgan fingerprint density at radius 2 is 1.26 bits per heavy atom. The number of hydrogen-bond donors (Lipinski definition) is 0. The van der Waals surface area contributed by atoms with Crippen molar-refractivity contribution in [2.45, 2.75) is 90.9 Å². The fraction of sp³-hybridized carbons (Fsp3) is 0.516. The first-order valence-electron chi connectivity index (χ1n) is 13.5. The Balaban J connectivity index is 0.00000612. The molecule has 35 heavy (non-hydrogen) atoms. The molecule has 0 N–H and O–H groups in total. The van der Waals surface area contributed by atoms with Gasteiger partial charge in [-0.3, -0.25) is 4.79 Å². The molecule has 0 aromatic heterocycles. The number of carbonyl (C=O) groups is 1. The summed E-state index contributed by atoms with van der Waals surface area (Å²) in [5.41, 5.74) is 2.45. The molecule has 0 fully saturated rings. The summed E-state index contributed by atoms with van der Waals surface area (Å²) >= 11 is 0. The van der Waals surface area contributed by atoms with Gasteiger partial charge in [0.2, 0.25) is 0 Å². The summed E-state index contributed by atoms with van der Waals surface area (Å²) in [5, 5.41) is 11.9. The van der Waals surface area contributed by atoms with E-state index in [0.717, 1.165) is 18.7 Å². The first-order chi connectivity index (χ1) is 16.7. The quantitative estimate of drug-likeness (QED) is 0.126. The van der Waals surface area contributed by atoms with E-state index in [4.69, 9.17) is 0 Å². The maximum atomic E-state index is 12.3. The Labute approximate surface area is 236 Å². The molecule has 0 saturated carbocycles. The molecular weight excluding hydrogens is 441 g/mol. The Hall–Kier alpha value is -1.55. The van der Waals surface area contributed by atoms with Gasteiger partial charge in [-0.25, -0.2) is 0 Å². The zero-order valence-electron chi connectivity index (χ0n) is 22.4. The zero-order chi connectivity index (χ0) is 24.4. The molecule has 2 aromatic carbocycles. The smallest absolute Gasteiger partial charge is 0.872 e. The SMILES string of the molecule is CCCCCCCCN(CCCCCCCC)c1ccc(/C=C/C(=O)c2ccccc2[O-])cc1.[Na+]. The van der Waals surface area contributed by atoms with E-state index in [1.165, 1.54) is 94.9 Å². The van der Waals surface area contributed by atoms with E-state index in [9.17, 15) is 9.90 Å².